The van der Waals surface area contributed by atoms with E-state index >= 15 is 0 Å². The van der Waals surface area contributed by atoms with E-state index in [1.54, 1.807) is 31.2 Å². The predicted octanol–water partition coefficient (Wildman–Crippen LogP) is 2.64. The highest BCUT2D eigenvalue weighted by Crippen LogP contribution is 2.34. The van der Waals surface area contributed by atoms with Crippen LogP contribution < -0.4 is 5.73 Å². The molecule has 27 heavy (non-hydrogen) atoms. The van der Waals surface area contributed by atoms with E-state index in [1.807, 2.05) is 6.20 Å². The third-order valence-corrected chi connectivity index (χ3v) is 4.98. The number of hydrogen-bond donors (Lipinski definition) is 1. The summed E-state index contributed by atoms with van der Waals surface area (Å²) in [5.74, 6) is 0.745. The summed E-state index contributed by atoms with van der Waals surface area (Å²) in [6.45, 7) is 0. The van der Waals surface area contributed by atoms with Gasteiger partial charge in [-0.1, -0.05) is 12.8 Å². The van der Waals surface area contributed by atoms with Crippen molar-refractivity contribution in [3.63, 3.8) is 0 Å². The zero-order valence-corrected chi connectivity index (χ0v) is 15.6. The first-order chi connectivity index (χ1) is 13.2. The van der Waals surface area contributed by atoms with Gasteiger partial charge >= 0.3 is 0 Å². The molecule has 0 atom stereocenters. The van der Waals surface area contributed by atoms with Crippen LogP contribution in [-0.4, -0.2) is 40.3 Å². The topological polar surface area (TPSA) is 112 Å². The Morgan fingerprint density at radius 1 is 1.37 bits per heavy atom. The predicted molar refractivity (Wildman–Crippen MR) is 101 cm³/mol. The standard InChI is InChI=1S/C19H24N6O2/c1-26-17(27-2)9-15-18(22-12-23-19(15)21)14-10-24-25(11-14)16(7-8-20)13-5-3-4-6-13/h7,10-13,17H,3-6,9H2,1-2H3,(H2,21,22,23). The SMILES string of the molecule is COC(Cc1c(N)ncnc1-c1cnn(C(=CC#N)C2CCCC2)c1)OC. The van der Waals surface area contributed by atoms with Gasteiger partial charge in [0.2, 0.25) is 0 Å². The van der Waals surface area contributed by atoms with Gasteiger partial charge in [0.1, 0.15) is 12.1 Å². The third-order valence-electron chi connectivity index (χ3n) is 4.98. The Morgan fingerprint density at radius 2 is 2.11 bits per heavy atom. The van der Waals surface area contributed by atoms with Gasteiger partial charge in [-0.3, -0.25) is 0 Å². The molecule has 1 fully saturated rings. The molecule has 1 saturated carbocycles. The monoisotopic (exact) mass is 368 g/mol. The summed E-state index contributed by atoms with van der Waals surface area (Å²) in [6, 6.07) is 2.15. The first kappa shape index (κ1) is 19.0. The Kier molecular flexibility index (Phi) is 6.16. The fourth-order valence-corrected chi connectivity index (χ4v) is 3.55. The maximum atomic E-state index is 9.18. The lowest BCUT2D eigenvalue weighted by Crippen LogP contribution is -2.18. The van der Waals surface area contributed by atoms with Crippen molar-refractivity contribution in [2.75, 3.05) is 20.0 Å². The molecule has 8 nitrogen and oxygen atoms in total. The van der Waals surface area contributed by atoms with Crippen molar-refractivity contribution in [2.45, 2.75) is 38.4 Å². The maximum absolute atomic E-state index is 9.18. The molecule has 1 aliphatic carbocycles. The van der Waals surface area contributed by atoms with Gasteiger partial charge in [0.05, 0.1) is 23.7 Å². The van der Waals surface area contributed by atoms with Crippen molar-refractivity contribution < 1.29 is 9.47 Å². The molecule has 1 aliphatic rings. The Hall–Kier alpha value is -2.76. The summed E-state index contributed by atoms with van der Waals surface area (Å²) >= 11 is 0. The first-order valence-electron chi connectivity index (χ1n) is 8.98. The second-order valence-corrected chi connectivity index (χ2v) is 6.54. The Morgan fingerprint density at radius 3 is 2.78 bits per heavy atom. The van der Waals surface area contributed by atoms with Crippen LogP contribution in [-0.2, 0) is 15.9 Å². The fraction of sp³-hybridized carbons (Fsp3) is 0.474. The lowest BCUT2D eigenvalue weighted by molar-refractivity contribution is -0.100. The van der Waals surface area contributed by atoms with Crippen molar-refractivity contribution in [1.29, 1.82) is 5.26 Å². The zero-order valence-electron chi connectivity index (χ0n) is 15.6. The average Bonchev–Trinajstić information content (AvgIpc) is 3.37. The van der Waals surface area contributed by atoms with Gasteiger partial charge in [-0.15, -0.1) is 0 Å². The molecular formula is C19H24N6O2. The van der Waals surface area contributed by atoms with Gasteiger partial charge in [0.15, 0.2) is 6.29 Å². The van der Waals surface area contributed by atoms with Crippen molar-refractivity contribution >= 4 is 11.5 Å². The van der Waals surface area contributed by atoms with Crippen LogP contribution in [0.3, 0.4) is 0 Å². The minimum Gasteiger partial charge on any atom is -0.383 e. The maximum Gasteiger partial charge on any atom is 0.161 e. The molecule has 0 amide bonds. The Balaban J connectivity index is 1.95. The van der Waals surface area contributed by atoms with Gasteiger partial charge < -0.3 is 15.2 Å². The number of nitrogen functional groups attached to an aromatic ring is 1. The smallest absolute Gasteiger partial charge is 0.161 e. The molecular weight excluding hydrogens is 344 g/mol. The van der Waals surface area contributed by atoms with E-state index in [0.29, 0.717) is 23.9 Å². The van der Waals surface area contributed by atoms with Crippen LogP contribution in [0.5, 0.6) is 0 Å². The van der Waals surface area contributed by atoms with Gasteiger partial charge in [-0.05, 0) is 12.8 Å². The average molecular weight is 368 g/mol. The second kappa shape index (κ2) is 8.75. The summed E-state index contributed by atoms with van der Waals surface area (Å²) in [6.07, 6.45) is 11.2. The van der Waals surface area contributed by atoms with Crippen LogP contribution in [0.15, 0.2) is 24.8 Å². The van der Waals surface area contributed by atoms with Crippen LogP contribution in [0.25, 0.3) is 17.0 Å². The molecule has 2 N–H and O–H groups in total. The summed E-state index contributed by atoms with van der Waals surface area (Å²) in [7, 11) is 3.15. The first-order valence-corrected chi connectivity index (χ1v) is 8.98. The van der Waals surface area contributed by atoms with E-state index in [2.05, 4.69) is 21.1 Å². The molecule has 3 rings (SSSR count). The molecule has 8 heteroatoms. The number of ether oxygens (including phenoxy) is 2. The number of rotatable bonds is 7. The summed E-state index contributed by atoms with van der Waals surface area (Å²) in [5, 5.41) is 13.7. The fourth-order valence-electron chi connectivity index (χ4n) is 3.55. The minimum absolute atomic E-state index is 0.360. The van der Waals surface area contributed by atoms with Crippen LogP contribution in [0.4, 0.5) is 5.82 Å². The Labute approximate surface area is 158 Å². The highest BCUT2D eigenvalue weighted by atomic mass is 16.7. The molecule has 0 saturated heterocycles. The number of aromatic nitrogens is 4. The molecule has 2 aromatic rings. The molecule has 0 radical (unpaired) electrons. The number of anilines is 1. The van der Waals surface area contributed by atoms with E-state index < -0.39 is 6.29 Å². The van der Waals surface area contributed by atoms with Crippen LogP contribution in [0.1, 0.15) is 31.2 Å². The molecule has 0 unspecified atom stereocenters. The summed E-state index contributed by atoms with van der Waals surface area (Å²) < 4.78 is 12.4. The highest BCUT2D eigenvalue weighted by molar-refractivity contribution is 5.67. The number of nitriles is 1. The molecule has 0 bridgehead atoms. The van der Waals surface area contributed by atoms with Crippen LogP contribution >= 0.6 is 0 Å². The summed E-state index contributed by atoms with van der Waals surface area (Å²) in [5.41, 5.74) is 9.26. The number of hydrogen-bond acceptors (Lipinski definition) is 7. The van der Waals surface area contributed by atoms with Crippen molar-refractivity contribution in [3.8, 4) is 17.3 Å². The van der Waals surface area contributed by atoms with Crippen molar-refractivity contribution in [2.24, 2.45) is 5.92 Å². The number of methoxy groups -OCH3 is 2. The van der Waals surface area contributed by atoms with Gasteiger partial charge in [0, 0.05) is 50.0 Å². The quantitative estimate of drug-likeness (QED) is 0.590. The summed E-state index contributed by atoms with van der Waals surface area (Å²) in [4.78, 5) is 8.50. The van der Waals surface area contributed by atoms with Gasteiger partial charge in [-0.25, -0.2) is 14.6 Å². The minimum atomic E-state index is -0.445. The van der Waals surface area contributed by atoms with E-state index in [0.717, 1.165) is 29.7 Å². The molecule has 2 heterocycles. The third kappa shape index (κ3) is 4.15. The van der Waals surface area contributed by atoms with Gasteiger partial charge in [-0.2, -0.15) is 10.4 Å². The largest absolute Gasteiger partial charge is 0.383 e. The van der Waals surface area contributed by atoms with Crippen molar-refractivity contribution in [1.82, 2.24) is 19.7 Å². The Bertz CT molecular complexity index is 844. The lowest BCUT2D eigenvalue weighted by Gasteiger charge is -2.16. The normalized spacial score (nSPS) is 15.4. The highest BCUT2D eigenvalue weighted by Gasteiger charge is 2.23. The number of nitrogens with two attached hydrogens (primary N) is 1. The molecule has 0 aromatic carbocycles. The number of allylic oxidation sites excluding steroid dienone is 2. The molecule has 2 aromatic heterocycles. The van der Waals surface area contributed by atoms with E-state index in [-0.39, 0.29) is 0 Å². The van der Waals surface area contributed by atoms with Crippen LogP contribution in [0, 0.1) is 17.2 Å². The van der Waals surface area contributed by atoms with Crippen molar-refractivity contribution in [3.05, 3.63) is 30.4 Å². The number of nitrogens with zero attached hydrogens (tertiary/aromatic N) is 5. The van der Waals surface area contributed by atoms with E-state index in [1.165, 1.54) is 19.2 Å². The molecule has 0 aliphatic heterocycles. The second-order valence-electron chi connectivity index (χ2n) is 6.54. The van der Waals surface area contributed by atoms with E-state index in [4.69, 9.17) is 15.2 Å². The molecule has 0 spiro atoms. The lowest BCUT2D eigenvalue weighted by atomic mass is 10.0. The van der Waals surface area contributed by atoms with E-state index in [9.17, 15) is 5.26 Å². The van der Waals surface area contributed by atoms with Crippen LogP contribution in [0.2, 0.25) is 0 Å². The zero-order chi connectivity index (χ0) is 19.2. The van der Waals surface area contributed by atoms with Gasteiger partial charge in [0.25, 0.3) is 0 Å². The molecule has 142 valence electrons.